The first-order valence-corrected chi connectivity index (χ1v) is 9.61. The molecule has 0 atom stereocenters. The molecule has 7 heteroatoms. The summed E-state index contributed by atoms with van der Waals surface area (Å²) in [6.07, 6.45) is 0. The maximum absolute atomic E-state index is 12.2. The standard InChI is InChI=1S/C19H19N3O3S/c1-15-7-9-17(10-8-15)26(23,24)20-13-14-25-19-12-11-18(21-22-19)16-5-3-2-4-6-16/h2-12,20H,13-14H2,1H3. The van der Waals surface area contributed by atoms with Crippen molar-refractivity contribution in [3.63, 3.8) is 0 Å². The van der Waals surface area contributed by atoms with Crippen LogP contribution in [0.4, 0.5) is 0 Å². The van der Waals surface area contributed by atoms with Crippen molar-refractivity contribution in [2.24, 2.45) is 0 Å². The van der Waals surface area contributed by atoms with Crippen LogP contribution in [-0.4, -0.2) is 31.8 Å². The molecule has 0 aliphatic carbocycles. The molecule has 0 saturated carbocycles. The van der Waals surface area contributed by atoms with Gasteiger partial charge in [-0.3, -0.25) is 0 Å². The maximum atomic E-state index is 12.2. The summed E-state index contributed by atoms with van der Waals surface area (Å²) in [5.41, 5.74) is 2.72. The van der Waals surface area contributed by atoms with E-state index in [9.17, 15) is 8.42 Å². The molecule has 0 saturated heterocycles. The van der Waals surface area contributed by atoms with Crippen molar-refractivity contribution in [2.45, 2.75) is 11.8 Å². The normalized spacial score (nSPS) is 11.3. The van der Waals surface area contributed by atoms with Crippen LogP contribution in [0.2, 0.25) is 0 Å². The Kier molecular flexibility index (Phi) is 5.60. The molecule has 0 aliphatic rings. The first-order chi connectivity index (χ1) is 12.5. The van der Waals surface area contributed by atoms with Gasteiger partial charge in [0.2, 0.25) is 15.9 Å². The summed E-state index contributed by atoms with van der Waals surface area (Å²) >= 11 is 0. The monoisotopic (exact) mass is 369 g/mol. The number of ether oxygens (including phenoxy) is 1. The molecule has 0 unspecified atom stereocenters. The van der Waals surface area contributed by atoms with E-state index in [1.54, 1.807) is 30.3 Å². The van der Waals surface area contributed by atoms with E-state index in [1.807, 2.05) is 43.3 Å². The SMILES string of the molecule is Cc1ccc(S(=O)(=O)NCCOc2ccc(-c3ccccc3)nn2)cc1. The van der Waals surface area contributed by atoms with Crippen molar-refractivity contribution in [3.8, 4) is 17.1 Å². The average Bonchev–Trinajstić information content (AvgIpc) is 2.67. The van der Waals surface area contributed by atoms with Gasteiger partial charge in [-0.1, -0.05) is 48.0 Å². The number of hydrogen-bond donors (Lipinski definition) is 1. The van der Waals surface area contributed by atoms with Gasteiger partial charge in [0.05, 0.1) is 10.6 Å². The molecule has 1 aromatic heterocycles. The van der Waals surface area contributed by atoms with Gasteiger partial charge in [-0.15, -0.1) is 10.2 Å². The molecule has 0 bridgehead atoms. The van der Waals surface area contributed by atoms with Gasteiger partial charge in [-0.25, -0.2) is 13.1 Å². The molecule has 0 fully saturated rings. The van der Waals surface area contributed by atoms with Crippen LogP contribution in [0.5, 0.6) is 5.88 Å². The number of nitrogens with zero attached hydrogens (tertiary/aromatic N) is 2. The molecule has 2 aromatic carbocycles. The van der Waals surface area contributed by atoms with Crippen molar-refractivity contribution in [1.29, 1.82) is 0 Å². The summed E-state index contributed by atoms with van der Waals surface area (Å²) in [4.78, 5) is 0.232. The number of hydrogen-bond acceptors (Lipinski definition) is 5. The third-order valence-electron chi connectivity index (χ3n) is 3.69. The Bertz CT molecular complexity index is 942. The van der Waals surface area contributed by atoms with Crippen molar-refractivity contribution < 1.29 is 13.2 Å². The van der Waals surface area contributed by atoms with E-state index in [0.29, 0.717) is 5.88 Å². The lowest BCUT2D eigenvalue weighted by Gasteiger charge is -2.08. The van der Waals surface area contributed by atoms with Crippen LogP contribution in [0.3, 0.4) is 0 Å². The molecule has 0 spiro atoms. The molecule has 6 nitrogen and oxygen atoms in total. The van der Waals surface area contributed by atoms with Crippen LogP contribution in [0.15, 0.2) is 71.6 Å². The van der Waals surface area contributed by atoms with Crippen LogP contribution in [-0.2, 0) is 10.0 Å². The highest BCUT2D eigenvalue weighted by Gasteiger charge is 2.12. The maximum Gasteiger partial charge on any atom is 0.240 e. The molecule has 1 N–H and O–H groups in total. The lowest BCUT2D eigenvalue weighted by atomic mass is 10.1. The first kappa shape index (κ1) is 18.0. The van der Waals surface area contributed by atoms with Crippen LogP contribution >= 0.6 is 0 Å². The van der Waals surface area contributed by atoms with E-state index in [2.05, 4.69) is 14.9 Å². The summed E-state index contributed by atoms with van der Waals surface area (Å²) < 4.78 is 32.3. The lowest BCUT2D eigenvalue weighted by Crippen LogP contribution is -2.28. The smallest absolute Gasteiger partial charge is 0.240 e. The summed E-state index contributed by atoms with van der Waals surface area (Å²) in [5, 5.41) is 8.13. The third kappa shape index (κ3) is 4.65. The van der Waals surface area contributed by atoms with Gasteiger partial charge in [-0.05, 0) is 25.1 Å². The van der Waals surface area contributed by atoms with Gasteiger partial charge in [-0.2, -0.15) is 0 Å². The zero-order valence-corrected chi connectivity index (χ0v) is 15.1. The molecule has 0 aliphatic heterocycles. The molecule has 1 heterocycles. The minimum atomic E-state index is -3.54. The summed E-state index contributed by atoms with van der Waals surface area (Å²) in [5.74, 6) is 0.346. The third-order valence-corrected chi connectivity index (χ3v) is 5.16. The Hall–Kier alpha value is -2.77. The molecular formula is C19H19N3O3S. The predicted molar refractivity (Wildman–Crippen MR) is 99.3 cm³/mol. The second kappa shape index (κ2) is 8.07. The summed E-state index contributed by atoms with van der Waals surface area (Å²) in [6.45, 7) is 2.20. The average molecular weight is 369 g/mol. The number of nitrogens with one attached hydrogen (secondary N) is 1. The molecule has 0 amide bonds. The van der Waals surface area contributed by atoms with E-state index < -0.39 is 10.0 Å². The lowest BCUT2D eigenvalue weighted by molar-refractivity contribution is 0.307. The molecular weight excluding hydrogens is 350 g/mol. The Morgan fingerprint density at radius 1 is 0.923 bits per heavy atom. The van der Waals surface area contributed by atoms with E-state index >= 15 is 0 Å². The number of rotatable bonds is 7. The zero-order valence-electron chi connectivity index (χ0n) is 14.3. The van der Waals surface area contributed by atoms with Gasteiger partial charge in [0.1, 0.15) is 6.61 Å². The Balaban J connectivity index is 1.51. The van der Waals surface area contributed by atoms with Crippen molar-refractivity contribution in [2.75, 3.05) is 13.2 Å². The summed E-state index contributed by atoms with van der Waals surface area (Å²) in [6, 6.07) is 19.9. The molecule has 0 radical (unpaired) electrons. The second-order valence-electron chi connectivity index (χ2n) is 5.68. The molecule has 26 heavy (non-hydrogen) atoms. The van der Waals surface area contributed by atoms with E-state index in [1.165, 1.54) is 0 Å². The fourth-order valence-corrected chi connectivity index (χ4v) is 3.31. The Morgan fingerprint density at radius 2 is 1.65 bits per heavy atom. The Morgan fingerprint density at radius 3 is 2.31 bits per heavy atom. The van der Waals surface area contributed by atoms with Crippen molar-refractivity contribution >= 4 is 10.0 Å². The fourth-order valence-electron chi connectivity index (χ4n) is 2.29. The van der Waals surface area contributed by atoms with Gasteiger partial charge >= 0.3 is 0 Å². The van der Waals surface area contributed by atoms with Gasteiger partial charge in [0, 0.05) is 18.2 Å². The predicted octanol–water partition coefficient (Wildman–Crippen LogP) is 2.81. The summed E-state index contributed by atoms with van der Waals surface area (Å²) in [7, 11) is -3.54. The van der Waals surface area contributed by atoms with Crippen LogP contribution in [0, 0.1) is 6.92 Å². The fraction of sp³-hybridized carbons (Fsp3) is 0.158. The van der Waals surface area contributed by atoms with E-state index in [4.69, 9.17) is 4.74 Å². The number of aryl methyl sites for hydroxylation is 1. The molecule has 134 valence electrons. The van der Waals surface area contributed by atoms with Crippen LogP contribution in [0.1, 0.15) is 5.56 Å². The van der Waals surface area contributed by atoms with Gasteiger partial charge in [0.15, 0.2) is 0 Å². The second-order valence-corrected chi connectivity index (χ2v) is 7.45. The Labute approximate surface area is 152 Å². The van der Waals surface area contributed by atoms with Crippen LogP contribution in [0.25, 0.3) is 11.3 Å². The highest BCUT2D eigenvalue weighted by atomic mass is 32.2. The van der Waals surface area contributed by atoms with Crippen molar-refractivity contribution in [3.05, 3.63) is 72.3 Å². The van der Waals surface area contributed by atoms with Crippen molar-refractivity contribution in [1.82, 2.24) is 14.9 Å². The van der Waals surface area contributed by atoms with Gasteiger partial charge < -0.3 is 4.74 Å². The number of benzene rings is 2. The minimum absolute atomic E-state index is 0.137. The number of sulfonamides is 1. The molecule has 3 rings (SSSR count). The topological polar surface area (TPSA) is 81.2 Å². The zero-order chi connectivity index (χ0) is 18.4. The minimum Gasteiger partial charge on any atom is -0.475 e. The van der Waals surface area contributed by atoms with E-state index in [-0.39, 0.29) is 18.0 Å². The highest BCUT2D eigenvalue weighted by molar-refractivity contribution is 7.89. The number of aromatic nitrogens is 2. The van der Waals surface area contributed by atoms with Gasteiger partial charge in [0.25, 0.3) is 0 Å². The quantitative estimate of drug-likeness (QED) is 0.648. The first-order valence-electron chi connectivity index (χ1n) is 8.13. The largest absolute Gasteiger partial charge is 0.475 e. The molecule has 3 aromatic rings. The van der Waals surface area contributed by atoms with Crippen LogP contribution < -0.4 is 9.46 Å². The van der Waals surface area contributed by atoms with E-state index in [0.717, 1.165) is 16.8 Å². The highest BCUT2D eigenvalue weighted by Crippen LogP contribution is 2.17.